The van der Waals surface area contributed by atoms with Gasteiger partial charge in [0.2, 0.25) is 0 Å². The third-order valence-electron chi connectivity index (χ3n) is 2.44. The third kappa shape index (κ3) is 2.94. The summed E-state index contributed by atoms with van der Waals surface area (Å²) in [5.74, 6) is 0. The Morgan fingerprint density at radius 3 is 3.20 bits per heavy atom. The fourth-order valence-electron chi connectivity index (χ4n) is 1.56. The van der Waals surface area contributed by atoms with Gasteiger partial charge in [0, 0.05) is 25.5 Å². The van der Waals surface area contributed by atoms with Crippen LogP contribution >= 0.6 is 11.6 Å². The van der Waals surface area contributed by atoms with Crippen molar-refractivity contribution in [2.24, 2.45) is 0 Å². The molecule has 3 nitrogen and oxygen atoms in total. The van der Waals surface area contributed by atoms with E-state index in [0.717, 1.165) is 31.7 Å². The number of pyridine rings is 1. The number of rotatable bonds is 3. The highest BCUT2D eigenvalue weighted by molar-refractivity contribution is 6.33. The molecule has 0 fully saturated rings. The van der Waals surface area contributed by atoms with Gasteiger partial charge in [-0.2, -0.15) is 0 Å². The van der Waals surface area contributed by atoms with Crippen LogP contribution in [0.3, 0.4) is 0 Å². The summed E-state index contributed by atoms with van der Waals surface area (Å²) in [5.41, 5.74) is 2.38. The van der Waals surface area contributed by atoms with Crippen molar-refractivity contribution >= 4 is 17.3 Å². The summed E-state index contributed by atoms with van der Waals surface area (Å²) < 4.78 is 0. The molecule has 0 spiro atoms. The van der Waals surface area contributed by atoms with Gasteiger partial charge >= 0.3 is 0 Å². The lowest BCUT2D eigenvalue weighted by Crippen LogP contribution is -2.23. The standard InChI is InChI=1S/C11H14ClN3/c12-10-8-14-6-3-11(10)15-7-9-1-4-13-5-2-9/h1,3,6,8,13H,2,4-5,7H2,(H,14,15). The van der Waals surface area contributed by atoms with Crippen molar-refractivity contribution in [1.82, 2.24) is 10.3 Å². The molecule has 1 aromatic heterocycles. The first-order valence-corrected chi connectivity index (χ1v) is 5.46. The lowest BCUT2D eigenvalue weighted by Gasteiger charge is -2.15. The maximum absolute atomic E-state index is 5.99. The van der Waals surface area contributed by atoms with Crippen molar-refractivity contribution in [1.29, 1.82) is 0 Å². The largest absolute Gasteiger partial charge is 0.380 e. The first-order chi connectivity index (χ1) is 7.36. The Bertz CT molecular complexity index is 363. The van der Waals surface area contributed by atoms with Crippen LogP contribution in [0.4, 0.5) is 5.69 Å². The number of halogens is 1. The van der Waals surface area contributed by atoms with Crippen molar-refractivity contribution in [2.75, 3.05) is 25.0 Å². The summed E-state index contributed by atoms with van der Waals surface area (Å²) in [7, 11) is 0. The normalized spacial score (nSPS) is 15.9. The first kappa shape index (κ1) is 10.5. The minimum Gasteiger partial charge on any atom is -0.380 e. The topological polar surface area (TPSA) is 37.0 Å². The second-order valence-electron chi connectivity index (χ2n) is 3.53. The Morgan fingerprint density at radius 2 is 2.47 bits per heavy atom. The molecule has 2 N–H and O–H groups in total. The maximum Gasteiger partial charge on any atom is 0.0820 e. The van der Waals surface area contributed by atoms with Crippen molar-refractivity contribution in [2.45, 2.75) is 6.42 Å². The average molecular weight is 224 g/mol. The van der Waals surface area contributed by atoms with Gasteiger partial charge in [-0.05, 0) is 19.0 Å². The van der Waals surface area contributed by atoms with E-state index in [1.807, 2.05) is 6.07 Å². The SMILES string of the molecule is Clc1cnccc1NCC1=CCNCC1. The van der Waals surface area contributed by atoms with E-state index in [9.17, 15) is 0 Å². The number of hydrogen-bond acceptors (Lipinski definition) is 3. The number of nitrogens with zero attached hydrogens (tertiary/aromatic N) is 1. The molecule has 4 heteroatoms. The van der Waals surface area contributed by atoms with E-state index in [1.54, 1.807) is 12.4 Å². The zero-order valence-corrected chi connectivity index (χ0v) is 9.22. The second-order valence-corrected chi connectivity index (χ2v) is 3.93. The Balaban J connectivity index is 1.93. The number of anilines is 1. The van der Waals surface area contributed by atoms with Crippen molar-refractivity contribution < 1.29 is 0 Å². The molecule has 0 bridgehead atoms. The van der Waals surface area contributed by atoms with Gasteiger partial charge in [0.05, 0.1) is 10.7 Å². The zero-order valence-electron chi connectivity index (χ0n) is 8.46. The molecule has 1 aromatic rings. The van der Waals surface area contributed by atoms with Gasteiger partial charge in [-0.1, -0.05) is 23.3 Å². The van der Waals surface area contributed by atoms with Crippen molar-refractivity contribution in [3.63, 3.8) is 0 Å². The van der Waals surface area contributed by atoms with E-state index in [2.05, 4.69) is 21.7 Å². The summed E-state index contributed by atoms with van der Waals surface area (Å²) in [6.07, 6.45) is 6.73. The first-order valence-electron chi connectivity index (χ1n) is 5.08. The molecule has 0 atom stereocenters. The van der Waals surface area contributed by atoms with Crippen LogP contribution in [0.15, 0.2) is 30.1 Å². The van der Waals surface area contributed by atoms with E-state index < -0.39 is 0 Å². The number of hydrogen-bond donors (Lipinski definition) is 2. The summed E-state index contributed by atoms with van der Waals surface area (Å²) in [4.78, 5) is 3.94. The molecule has 0 unspecified atom stereocenters. The van der Waals surface area contributed by atoms with Crippen LogP contribution in [0, 0.1) is 0 Å². The van der Waals surface area contributed by atoms with Gasteiger partial charge in [-0.25, -0.2) is 0 Å². The van der Waals surface area contributed by atoms with E-state index in [4.69, 9.17) is 11.6 Å². The molecule has 2 rings (SSSR count). The maximum atomic E-state index is 5.99. The molecule has 1 aliphatic heterocycles. The zero-order chi connectivity index (χ0) is 10.5. The smallest absolute Gasteiger partial charge is 0.0820 e. The highest BCUT2D eigenvalue weighted by Crippen LogP contribution is 2.19. The molecule has 1 aliphatic rings. The lowest BCUT2D eigenvalue weighted by molar-refractivity contribution is 0.698. The van der Waals surface area contributed by atoms with Crippen LogP contribution in [-0.2, 0) is 0 Å². The van der Waals surface area contributed by atoms with Gasteiger partial charge in [0.1, 0.15) is 0 Å². The molecule has 0 radical (unpaired) electrons. The van der Waals surface area contributed by atoms with Gasteiger partial charge in [0.25, 0.3) is 0 Å². The van der Waals surface area contributed by atoms with Gasteiger partial charge < -0.3 is 10.6 Å². The van der Waals surface area contributed by atoms with Crippen LogP contribution in [-0.4, -0.2) is 24.6 Å². The minimum atomic E-state index is 0.673. The number of nitrogens with one attached hydrogen (secondary N) is 2. The summed E-state index contributed by atoms with van der Waals surface area (Å²) >= 11 is 5.99. The van der Waals surface area contributed by atoms with Crippen LogP contribution in [0.25, 0.3) is 0 Å². The molecule has 0 amide bonds. The predicted octanol–water partition coefficient (Wildman–Crippen LogP) is 2.07. The van der Waals surface area contributed by atoms with E-state index >= 15 is 0 Å². The minimum absolute atomic E-state index is 0.673. The van der Waals surface area contributed by atoms with Crippen LogP contribution < -0.4 is 10.6 Å². The monoisotopic (exact) mass is 223 g/mol. The van der Waals surface area contributed by atoms with E-state index in [0.29, 0.717) is 5.02 Å². The molecular formula is C11H14ClN3. The Morgan fingerprint density at radius 1 is 1.53 bits per heavy atom. The fraction of sp³-hybridized carbons (Fsp3) is 0.364. The molecule has 15 heavy (non-hydrogen) atoms. The molecule has 0 saturated carbocycles. The lowest BCUT2D eigenvalue weighted by atomic mass is 10.1. The highest BCUT2D eigenvalue weighted by Gasteiger charge is 2.03. The molecule has 0 aliphatic carbocycles. The second kappa shape index (κ2) is 5.14. The molecule has 2 heterocycles. The Kier molecular flexibility index (Phi) is 3.59. The molecule has 0 aromatic carbocycles. The average Bonchev–Trinajstić information content (AvgIpc) is 2.29. The van der Waals surface area contributed by atoms with Gasteiger partial charge in [-0.15, -0.1) is 0 Å². The molecule has 0 saturated heterocycles. The fourth-order valence-corrected chi connectivity index (χ4v) is 1.74. The molecular weight excluding hydrogens is 210 g/mol. The van der Waals surface area contributed by atoms with Crippen LogP contribution in [0.5, 0.6) is 0 Å². The van der Waals surface area contributed by atoms with Gasteiger partial charge in [0.15, 0.2) is 0 Å². The summed E-state index contributed by atoms with van der Waals surface area (Å²) in [5, 5.41) is 7.27. The highest BCUT2D eigenvalue weighted by atomic mass is 35.5. The Hall–Kier alpha value is -1.06. The Labute approximate surface area is 94.5 Å². The third-order valence-corrected chi connectivity index (χ3v) is 2.74. The van der Waals surface area contributed by atoms with Crippen LogP contribution in [0.2, 0.25) is 5.02 Å². The summed E-state index contributed by atoms with van der Waals surface area (Å²) in [6, 6.07) is 1.89. The van der Waals surface area contributed by atoms with Crippen molar-refractivity contribution in [3.05, 3.63) is 35.1 Å². The predicted molar refractivity (Wildman–Crippen MR) is 63.3 cm³/mol. The van der Waals surface area contributed by atoms with E-state index in [1.165, 1.54) is 5.57 Å². The van der Waals surface area contributed by atoms with E-state index in [-0.39, 0.29) is 0 Å². The van der Waals surface area contributed by atoms with Crippen molar-refractivity contribution in [3.8, 4) is 0 Å². The quantitative estimate of drug-likeness (QED) is 0.771. The number of aromatic nitrogens is 1. The summed E-state index contributed by atoms with van der Waals surface area (Å²) in [6.45, 7) is 2.91. The van der Waals surface area contributed by atoms with Gasteiger partial charge in [-0.3, -0.25) is 4.98 Å². The molecule has 80 valence electrons. The van der Waals surface area contributed by atoms with Crippen LogP contribution in [0.1, 0.15) is 6.42 Å².